The summed E-state index contributed by atoms with van der Waals surface area (Å²) < 4.78 is 4.72. The van der Waals surface area contributed by atoms with Gasteiger partial charge >= 0.3 is 0 Å². The van der Waals surface area contributed by atoms with Crippen molar-refractivity contribution in [3.63, 3.8) is 0 Å². The van der Waals surface area contributed by atoms with Crippen LogP contribution in [0.3, 0.4) is 0 Å². The predicted octanol–water partition coefficient (Wildman–Crippen LogP) is 2.29. The molecule has 166 valence electrons. The van der Waals surface area contributed by atoms with Gasteiger partial charge in [0, 0.05) is 13.6 Å². The number of rotatable bonds is 5. The molecule has 3 aromatic heterocycles. The molecule has 1 fully saturated rings. The maximum atomic E-state index is 13.4. The van der Waals surface area contributed by atoms with E-state index in [1.807, 2.05) is 37.3 Å². The summed E-state index contributed by atoms with van der Waals surface area (Å²) in [5.41, 5.74) is 1.99. The summed E-state index contributed by atoms with van der Waals surface area (Å²) in [5.74, 6) is -0.0972. The van der Waals surface area contributed by atoms with E-state index in [4.69, 9.17) is 0 Å². The van der Waals surface area contributed by atoms with E-state index in [-0.39, 0.29) is 11.5 Å². The van der Waals surface area contributed by atoms with Crippen LogP contribution in [0.4, 0.5) is 5.00 Å². The lowest BCUT2D eigenvalue weighted by Crippen LogP contribution is -2.28. The Morgan fingerprint density at radius 3 is 2.76 bits per heavy atom. The van der Waals surface area contributed by atoms with Crippen molar-refractivity contribution in [2.24, 2.45) is 7.05 Å². The van der Waals surface area contributed by atoms with Crippen LogP contribution in [0.15, 0.2) is 51.7 Å². The molecule has 12 heteroatoms. The van der Waals surface area contributed by atoms with Gasteiger partial charge in [0.05, 0.1) is 22.2 Å². The van der Waals surface area contributed by atoms with E-state index in [0.29, 0.717) is 40.1 Å². The Labute approximate surface area is 196 Å². The van der Waals surface area contributed by atoms with Crippen molar-refractivity contribution >= 4 is 34.0 Å². The van der Waals surface area contributed by atoms with Crippen LogP contribution in [0.25, 0.3) is 11.4 Å². The highest BCUT2D eigenvalue weighted by atomic mass is 32.2. The van der Waals surface area contributed by atoms with E-state index in [2.05, 4.69) is 21.6 Å². The van der Waals surface area contributed by atoms with E-state index in [1.165, 1.54) is 27.8 Å². The van der Waals surface area contributed by atoms with E-state index < -0.39 is 5.25 Å². The lowest BCUT2D eigenvalue weighted by Gasteiger charge is -2.14. The highest BCUT2D eigenvalue weighted by Crippen LogP contribution is 2.36. The fourth-order valence-corrected chi connectivity index (χ4v) is 5.78. The number of hydrogen-bond donors (Lipinski definition) is 0. The Morgan fingerprint density at radius 1 is 1.21 bits per heavy atom. The van der Waals surface area contributed by atoms with Crippen LogP contribution in [0.5, 0.6) is 0 Å². The lowest BCUT2D eigenvalue weighted by molar-refractivity contribution is -0.116. The molecule has 0 aliphatic carbocycles. The summed E-state index contributed by atoms with van der Waals surface area (Å²) in [4.78, 5) is 28.1. The van der Waals surface area contributed by atoms with Crippen molar-refractivity contribution in [2.45, 2.75) is 23.8 Å². The Balaban J connectivity index is 1.47. The Hall–Kier alpha value is -3.69. The molecule has 1 aromatic carbocycles. The number of thiophene rings is 1. The molecule has 1 saturated heterocycles. The largest absolute Gasteiger partial charge is 0.302 e. The maximum absolute atomic E-state index is 13.4. The number of para-hydroxylation sites is 1. The van der Waals surface area contributed by atoms with Gasteiger partial charge in [-0.05, 0) is 47.4 Å². The molecule has 0 N–H and O–H groups in total. The van der Waals surface area contributed by atoms with Crippen LogP contribution in [-0.2, 0) is 11.8 Å². The SMILES string of the molecule is Cc1c(-n2nnnc2SC2CCN(c3sccc3C#N)C2=O)c(=O)n(-c2ccccc2)n1C. The van der Waals surface area contributed by atoms with Gasteiger partial charge in [-0.15, -0.1) is 16.4 Å². The van der Waals surface area contributed by atoms with Crippen molar-refractivity contribution < 1.29 is 4.79 Å². The number of amides is 1. The van der Waals surface area contributed by atoms with Gasteiger partial charge in [-0.2, -0.15) is 9.94 Å². The number of carbonyl (C=O) groups is 1. The molecule has 4 aromatic rings. The van der Waals surface area contributed by atoms with Gasteiger partial charge in [-0.3, -0.25) is 14.3 Å². The Kier molecular flexibility index (Phi) is 5.35. The minimum Gasteiger partial charge on any atom is -0.302 e. The van der Waals surface area contributed by atoms with Crippen LogP contribution < -0.4 is 10.5 Å². The molecular weight excluding hydrogens is 460 g/mol. The number of benzene rings is 1. The van der Waals surface area contributed by atoms with Crippen LogP contribution in [-0.4, -0.2) is 47.3 Å². The second-order valence-electron chi connectivity index (χ2n) is 7.42. The molecule has 0 radical (unpaired) electrons. The smallest absolute Gasteiger partial charge is 0.297 e. The predicted molar refractivity (Wildman–Crippen MR) is 124 cm³/mol. The molecule has 10 nitrogen and oxygen atoms in total. The van der Waals surface area contributed by atoms with E-state index in [1.54, 1.807) is 32.8 Å². The van der Waals surface area contributed by atoms with Gasteiger partial charge in [-0.25, -0.2) is 4.68 Å². The monoisotopic (exact) mass is 478 g/mol. The topological polar surface area (TPSA) is 115 Å². The highest BCUT2D eigenvalue weighted by molar-refractivity contribution is 8.00. The number of aromatic nitrogens is 6. The first-order chi connectivity index (χ1) is 16.0. The summed E-state index contributed by atoms with van der Waals surface area (Å²) in [5, 5.41) is 23.6. The fourth-order valence-electron chi connectivity index (χ4n) is 3.88. The van der Waals surface area contributed by atoms with E-state index in [0.717, 1.165) is 5.69 Å². The standard InChI is InChI=1S/C21H18N8O2S2/c1-13-17(19(31)29(26(13)2)15-6-4-3-5-7-15)28-21(23-24-25-28)33-16-8-10-27(18(16)30)20-14(12-22)9-11-32-20/h3-7,9,11,16H,8,10H2,1-2H3. The van der Waals surface area contributed by atoms with Crippen LogP contribution >= 0.6 is 23.1 Å². The number of anilines is 1. The van der Waals surface area contributed by atoms with E-state index in [9.17, 15) is 14.9 Å². The third-order valence-electron chi connectivity index (χ3n) is 5.59. The average Bonchev–Trinajstić information content (AvgIpc) is 3.59. The van der Waals surface area contributed by atoms with Crippen LogP contribution in [0.2, 0.25) is 0 Å². The lowest BCUT2D eigenvalue weighted by atomic mass is 10.3. The van der Waals surface area contributed by atoms with Gasteiger partial charge in [0.1, 0.15) is 11.1 Å². The quantitative estimate of drug-likeness (QED) is 0.432. The molecule has 0 spiro atoms. The fraction of sp³-hybridized carbons (Fsp3) is 0.238. The van der Waals surface area contributed by atoms with Crippen molar-refractivity contribution in [2.75, 3.05) is 11.4 Å². The van der Waals surface area contributed by atoms with Crippen molar-refractivity contribution in [1.82, 2.24) is 29.6 Å². The first-order valence-electron chi connectivity index (χ1n) is 10.1. The zero-order valence-electron chi connectivity index (χ0n) is 17.7. The van der Waals surface area contributed by atoms with Crippen molar-refractivity contribution in [1.29, 1.82) is 5.26 Å². The van der Waals surface area contributed by atoms with Gasteiger partial charge in [0.2, 0.25) is 11.1 Å². The summed E-state index contributed by atoms with van der Waals surface area (Å²) in [6.07, 6.45) is 0.584. The zero-order chi connectivity index (χ0) is 23.1. The Bertz CT molecular complexity index is 1440. The molecule has 4 heterocycles. The minimum absolute atomic E-state index is 0.0972. The molecule has 1 unspecified atom stereocenters. The molecule has 0 bridgehead atoms. The first-order valence-corrected chi connectivity index (χ1v) is 11.9. The molecular formula is C21H18N8O2S2. The molecule has 1 aliphatic heterocycles. The summed E-state index contributed by atoms with van der Waals surface area (Å²) in [6, 6.07) is 13.2. The second-order valence-corrected chi connectivity index (χ2v) is 9.48. The molecule has 1 aliphatic rings. The zero-order valence-corrected chi connectivity index (χ0v) is 19.4. The number of hydrogen-bond acceptors (Lipinski definition) is 8. The third-order valence-corrected chi connectivity index (χ3v) is 7.71. The molecule has 1 amide bonds. The minimum atomic E-state index is -0.413. The van der Waals surface area contributed by atoms with Crippen LogP contribution in [0, 0.1) is 18.3 Å². The van der Waals surface area contributed by atoms with Gasteiger partial charge in [0.15, 0.2) is 5.69 Å². The third kappa shape index (κ3) is 3.46. The average molecular weight is 479 g/mol. The highest BCUT2D eigenvalue weighted by Gasteiger charge is 2.36. The number of nitriles is 1. The number of thioether (sulfide) groups is 1. The van der Waals surface area contributed by atoms with Crippen LogP contribution in [0.1, 0.15) is 17.7 Å². The van der Waals surface area contributed by atoms with Gasteiger partial charge in [-0.1, -0.05) is 30.0 Å². The maximum Gasteiger partial charge on any atom is 0.297 e. The first kappa shape index (κ1) is 21.2. The molecule has 5 rings (SSSR count). The summed E-state index contributed by atoms with van der Waals surface area (Å²) >= 11 is 2.60. The second kappa shape index (κ2) is 8.34. The normalized spacial score (nSPS) is 15.8. The molecule has 33 heavy (non-hydrogen) atoms. The van der Waals surface area contributed by atoms with Crippen molar-refractivity contribution in [3.05, 3.63) is 63.4 Å². The summed E-state index contributed by atoms with van der Waals surface area (Å²) in [6.45, 7) is 2.34. The Morgan fingerprint density at radius 2 is 2.00 bits per heavy atom. The number of carbonyl (C=O) groups excluding carboxylic acids is 1. The van der Waals surface area contributed by atoms with Gasteiger partial charge in [0.25, 0.3) is 5.56 Å². The molecule has 1 atom stereocenters. The number of tetrazole rings is 1. The number of nitrogens with zero attached hydrogens (tertiary/aromatic N) is 8. The van der Waals surface area contributed by atoms with Crippen molar-refractivity contribution in [3.8, 4) is 17.4 Å². The van der Waals surface area contributed by atoms with E-state index >= 15 is 0 Å². The molecule has 0 saturated carbocycles. The summed E-state index contributed by atoms with van der Waals surface area (Å²) in [7, 11) is 1.80. The van der Waals surface area contributed by atoms with Gasteiger partial charge < -0.3 is 4.90 Å².